The van der Waals surface area contributed by atoms with Gasteiger partial charge in [-0.1, -0.05) is 42.8 Å². The molecule has 0 amide bonds. The Morgan fingerprint density at radius 3 is 2.70 bits per heavy atom. The number of allylic oxidation sites excluding steroid dienone is 2. The molecule has 0 heterocycles. The third-order valence-corrected chi connectivity index (χ3v) is 8.72. The molecule has 4 atom stereocenters. The fourth-order valence-electron chi connectivity index (χ4n) is 7.02. The second kappa shape index (κ2) is 6.06. The number of benzene rings is 2. The zero-order valence-electron chi connectivity index (χ0n) is 17.4. The van der Waals surface area contributed by atoms with Crippen LogP contribution in [-0.2, 0) is 24.1 Å². The van der Waals surface area contributed by atoms with Crippen LogP contribution in [0, 0.1) is 16.7 Å². The molecule has 2 unspecified atom stereocenters. The van der Waals surface area contributed by atoms with E-state index < -0.39 is 11.6 Å². The Bertz CT molecular complexity index is 1100. The highest BCUT2D eigenvalue weighted by Crippen LogP contribution is 2.79. The van der Waals surface area contributed by atoms with E-state index in [-0.39, 0.29) is 17.1 Å². The standard InChI is InChI=1S/C27H27FO2/c1-26-12-11-19-20-13-18(8-7-16-5-3-2-4-6-16)23(29)14-17(20)9-10-21(19)27(26)15-22(27)24(28)25(26)30/h2-6,13-14,22,24,29H,7-12,15H2,1H3/t22?,24-,26+,27?/m0/s1. The first-order valence-electron chi connectivity index (χ1n) is 11.3. The van der Waals surface area contributed by atoms with Gasteiger partial charge >= 0.3 is 0 Å². The maximum Gasteiger partial charge on any atom is 0.173 e. The lowest BCUT2D eigenvalue weighted by molar-refractivity contribution is -0.132. The van der Waals surface area contributed by atoms with Crippen molar-refractivity contribution >= 4 is 11.4 Å². The summed E-state index contributed by atoms with van der Waals surface area (Å²) in [5.74, 6) is 0.138. The van der Waals surface area contributed by atoms with Gasteiger partial charge in [0.1, 0.15) is 5.75 Å². The predicted octanol–water partition coefficient (Wildman–Crippen LogP) is 5.60. The number of alkyl halides is 1. The smallest absolute Gasteiger partial charge is 0.173 e. The van der Waals surface area contributed by atoms with Crippen molar-refractivity contribution in [1.82, 2.24) is 0 Å². The Hall–Kier alpha value is -2.42. The monoisotopic (exact) mass is 402 g/mol. The predicted molar refractivity (Wildman–Crippen MR) is 115 cm³/mol. The van der Waals surface area contributed by atoms with E-state index in [4.69, 9.17) is 0 Å². The second-order valence-corrected chi connectivity index (χ2v) is 9.96. The normalized spacial score (nSPS) is 33.6. The molecular formula is C27H27FO2. The second-order valence-electron chi connectivity index (χ2n) is 9.96. The van der Waals surface area contributed by atoms with Crippen LogP contribution in [0.5, 0.6) is 5.75 Å². The van der Waals surface area contributed by atoms with Gasteiger partial charge in [-0.3, -0.25) is 4.79 Å². The van der Waals surface area contributed by atoms with E-state index in [1.54, 1.807) is 0 Å². The third kappa shape index (κ3) is 2.21. The number of rotatable bonds is 3. The molecule has 4 aliphatic carbocycles. The molecule has 3 heteroatoms. The van der Waals surface area contributed by atoms with Crippen molar-refractivity contribution in [2.24, 2.45) is 16.7 Å². The van der Waals surface area contributed by atoms with Gasteiger partial charge in [-0.15, -0.1) is 0 Å². The molecule has 1 N–H and O–H groups in total. The van der Waals surface area contributed by atoms with E-state index in [2.05, 4.69) is 18.2 Å². The topological polar surface area (TPSA) is 37.3 Å². The lowest BCUT2D eigenvalue weighted by Gasteiger charge is -2.43. The molecule has 30 heavy (non-hydrogen) atoms. The number of hydrogen-bond acceptors (Lipinski definition) is 2. The summed E-state index contributed by atoms with van der Waals surface area (Å²) in [5, 5.41) is 10.6. The number of carbonyl (C=O) groups is 1. The van der Waals surface area contributed by atoms with Gasteiger partial charge in [-0.2, -0.15) is 0 Å². The van der Waals surface area contributed by atoms with Crippen LogP contribution in [0.25, 0.3) is 5.57 Å². The third-order valence-electron chi connectivity index (χ3n) is 8.72. The highest BCUT2D eigenvalue weighted by atomic mass is 19.1. The maximum absolute atomic E-state index is 14.7. The van der Waals surface area contributed by atoms with E-state index >= 15 is 0 Å². The number of ketones is 1. The van der Waals surface area contributed by atoms with Crippen molar-refractivity contribution in [3.8, 4) is 5.75 Å². The van der Waals surface area contributed by atoms with Gasteiger partial charge in [0.2, 0.25) is 0 Å². The zero-order valence-corrected chi connectivity index (χ0v) is 17.4. The Morgan fingerprint density at radius 2 is 1.90 bits per heavy atom. The van der Waals surface area contributed by atoms with E-state index in [1.807, 2.05) is 31.2 Å². The van der Waals surface area contributed by atoms with Crippen molar-refractivity contribution in [3.05, 3.63) is 70.3 Å². The molecule has 4 aliphatic rings. The minimum absolute atomic E-state index is 0.100. The Labute approximate surface area is 176 Å². The largest absolute Gasteiger partial charge is 0.508 e. The van der Waals surface area contributed by atoms with Crippen molar-refractivity contribution in [1.29, 1.82) is 0 Å². The van der Waals surface area contributed by atoms with Gasteiger partial charge < -0.3 is 5.11 Å². The molecule has 2 fully saturated rings. The molecule has 6 rings (SSSR count). The molecule has 0 aromatic heterocycles. The fraction of sp³-hybridized carbons (Fsp3) is 0.444. The zero-order chi connectivity index (χ0) is 20.7. The number of Topliss-reactive ketones (excluding diaryl/α,β-unsaturated/α-hetero) is 1. The lowest BCUT2D eigenvalue weighted by Crippen LogP contribution is -2.40. The van der Waals surface area contributed by atoms with Crippen LogP contribution >= 0.6 is 0 Å². The fourth-order valence-corrected chi connectivity index (χ4v) is 7.02. The van der Waals surface area contributed by atoms with Crippen molar-refractivity contribution in [3.63, 3.8) is 0 Å². The first-order valence-corrected chi connectivity index (χ1v) is 11.3. The number of fused-ring (bicyclic) bond motifs is 2. The highest BCUT2D eigenvalue weighted by molar-refractivity contribution is 5.97. The summed E-state index contributed by atoms with van der Waals surface area (Å²) in [6.07, 6.45) is 4.61. The molecule has 0 aliphatic heterocycles. The lowest BCUT2D eigenvalue weighted by atomic mass is 9.59. The highest BCUT2D eigenvalue weighted by Gasteiger charge is 2.79. The number of aromatic hydroxyl groups is 1. The van der Waals surface area contributed by atoms with Gasteiger partial charge in [0.15, 0.2) is 12.0 Å². The van der Waals surface area contributed by atoms with Crippen LogP contribution in [0.3, 0.4) is 0 Å². The van der Waals surface area contributed by atoms with Gasteiger partial charge in [0.25, 0.3) is 0 Å². The summed E-state index contributed by atoms with van der Waals surface area (Å²) in [7, 11) is 0. The van der Waals surface area contributed by atoms with Crippen LogP contribution < -0.4 is 0 Å². The van der Waals surface area contributed by atoms with Gasteiger partial charge in [0, 0.05) is 16.7 Å². The molecule has 2 nitrogen and oxygen atoms in total. The van der Waals surface area contributed by atoms with Crippen LogP contribution in [0.1, 0.15) is 54.9 Å². The van der Waals surface area contributed by atoms with Crippen LogP contribution in [0.2, 0.25) is 0 Å². The molecule has 2 aromatic rings. The summed E-state index contributed by atoms with van der Waals surface area (Å²) < 4.78 is 14.7. The summed E-state index contributed by atoms with van der Waals surface area (Å²) >= 11 is 0. The first kappa shape index (κ1) is 18.4. The van der Waals surface area contributed by atoms with E-state index in [0.29, 0.717) is 5.75 Å². The number of carbonyl (C=O) groups excluding carboxylic acids is 1. The Kier molecular flexibility index (Phi) is 3.71. The number of aryl methyl sites for hydroxylation is 3. The molecule has 0 radical (unpaired) electrons. The number of phenols is 1. The van der Waals surface area contributed by atoms with E-state index in [0.717, 1.165) is 50.5 Å². The average Bonchev–Trinajstić information content (AvgIpc) is 3.48. The molecule has 0 saturated heterocycles. The SMILES string of the molecule is C[C@]12CCC3=C(CCc4cc(O)c(CCc5ccccc5)cc43)C13CC3[C@H](F)C2=O. The van der Waals surface area contributed by atoms with Crippen LogP contribution in [0.15, 0.2) is 48.0 Å². The van der Waals surface area contributed by atoms with Crippen molar-refractivity contribution in [2.45, 2.75) is 58.0 Å². The molecule has 2 saturated carbocycles. The summed E-state index contributed by atoms with van der Waals surface area (Å²) in [6, 6.07) is 14.5. The molecule has 2 aromatic carbocycles. The van der Waals surface area contributed by atoms with Gasteiger partial charge in [0.05, 0.1) is 0 Å². The molecular weight excluding hydrogens is 375 g/mol. The minimum Gasteiger partial charge on any atom is -0.508 e. The minimum atomic E-state index is -1.27. The number of halogens is 1. The average molecular weight is 403 g/mol. The Morgan fingerprint density at radius 1 is 1.10 bits per heavy atom. The van der Waals surface area contributed by atoms with Crippen molar-refractivity contribution < 1.29 is 14.3 Å². The van der Waals surface area contributed by atoms with Crippen LogP contribution in [0.4, 0.5) is 4.39 Å². The van der Waals surface area contributed by atoms with Crippen LogP contribution in [-0.4, -0.2) is 17.1 Å². The van der Waals surface area contributed by atoms with Crippen molar-refractivity contribution in [2.75, 3.05) is 0 Å². The number of phenolic OH excluding ortho intramolecular Hbond substituents is 1. The molecule has 154 valence electrons. The molecule has 0 bridgehead atoms. The van der Waals surface area contributed by atoms with Gasteiger partial charge in [-0.25, -0.2) is 4.39 Å². The Balaban J connectivity index is 1.39. The van der Waals surface area contributed by atoms with E-state index in [1.165, 1.54) is 27.8 Å². The maximum atomic E-state index is 14.7. The molecule has 1 spiro atoms. The summed E-state index contributed by atoms with van der Waals surface area (Å²) in [4.78, 5) is 12.7. The van der Waals surface area contributed by atoms with Gasteiger partial charge in [-0.05, 0) is 84.9 Å². The quantitative estimate of drug-likeness (QED) is 0.725. The summed E-state index contributed by atoms with van der Waals surface area (Å²) in [5.41, 5.74) is 6.66. The summed E-state index contributed by atoms with van der Waals surface area (Å²) in [6.45, 7) is 2.02. The first-order chi connectivity index (χ1) is 14.5. The number of hydrogen-bond donors (Lipinski definition) is 1. The van der Waals surface area contributed by atoms with E-state index in [9.17, 15) is 14.3 Å².